The molecule has 0 bridgehead atoms. The second-order valence-electron chi connectivity index (χ2n) is 6.94. The van der Waals surface area contributed by atoms with Gasteiger partial charge >= 0.3 is 14.9 Å². The monoisotopic (exact) mass is 474 g/mol. The molecule has 0 atom stereocenters. The van der Waals surface area contributed by atoms with Crippen LogP contribution in [-0.4, -0.2) is 61.5 Å². The maximum atomic E-state index is 12.0. The van der Waals surface area contributed by atoms with Crippen LogP contribution in [0.15, 0.2) is 29.8 Å². The second kappa shape index (κ2) is 15.8. The molecule has 1 N–H and O–H groups in total. The van der Waals surface area contributed by atoms with Crippen molar-refractivity contribution in [1.82, 2.24) is 5.32 Å². The largest absolute Gasteiger partial charge is 0.502 e. The minimum absolute atomic E-state index is 0.0632. The molecule has 0 aliphatic carbocycles. The van der Waals surface area contributed by atoms with Crippen molar-refractivity contribution in [2.75, 3.05) is 51.5 Å². The van der Waals surface area contributed by atoms with E-state index in [0.29, 0.717) is 45.4 Å². The number of alkyl carbamates (subject to hydrolysis) is 1. The molecule has 33 heavy (non-hydrogen) atoms. The van der Waals surface area contributed by atoms with E-state index in [9.17, 15) is 4.79 Å². The van der Waals surface area contributed by atoms with E-state index in [1.54, 1.807) is 6.08 Å². The third-order valence-electron chi connectivity index (χ3n) is 4.55. The average molecular weight is 475 g/mol. The molecule has 0 aromatic heterocycles. The Morgan fingerprint density at radius 2 is 1.64 bits per heavy atom. The molecule has 0 unspecified atom stereocenters. The van der Waals surface area contributed by atoms with Crippen LogP contribution in [-0.2, 0) is 18.0 Å². The van der Waals surface area contributed by atoms with Gasteiger partial charge in [0.05, 0.1) is 6.61 Å². The lowest BCUT2D eigenvalue weighted by molar-refractivity contribution is 0.0712. The number of hydrogen-bond donors (Lipinski definition) is 1. The highest BCUT2D eigenvalue weighted by atomic mass is 28.4. The van der Waals surface area contributed by atoms with Crippen LogP contribution in [0.1, 0.15) is 32.8 Å². The van der Waals surface area contributed by atoms with E-state index in [1.807, 2.05) is 69.1 Å². The zero-order chi connectivity index (χ0) is 24.5. The first-order chi connectivity index (χ1) is 15.9. The van der Waals surface area contributed by atoms with Gasteiger partial charge in [0.15, 0.2) is 0 Å². The first-order valence-electron chi connectivity index (χ1n) is 11.1. The maximum Gasteiger partial charge on any atom is 0.502 e. The Morgan fingerprint density at radius 1 is 1.06 bits per heavy atom. The van der Waals surface area contributed by atoms with Crippen molar-refractivity contribution >= 4 is 26.7 Å². The topological polar surface area (TPSA) is 117 Å². The third-order valence-corrected chi connectivity index (χ3v) is 7.60. The highest BCUT2D eigenvalue weighted by Crippen LogP contribution is 2.17. The normalized spacial score (nSPS) is 10.6. The molecule has 9 nitrogen and oxygen atoms in total. The number of allylic oxidation sites excluding steroid dienone is 1. The Hall–Kier alpha value is -2.89. The minimum Gasteiger partial charge on any atom is -0.449 e. The fourth-order valence-electron chi connectivity index (χ4n) is 3.05. The third kappa shape index (κ3) is 10.5. The molecule has 1 amide bonds. The zero-order valence-corrected chi connectivity index (χ0v) is 20.9. The molecule has 1 aromatic rings. The van der Waals surface area contributed by atoms with Crippen molar-refractivity contribution in [1.29, 1.82) is 10.5 Å². The fourth-order valence-corrected chi connectivity index (χ4v) is 5.48. The molecular weight excluding hydrogens is 440 g/mol. The number of anilines is 1. The van der Waals surface area contributed by atoms with Gasteiger partial charge in [-0.1, -0.05) is 12.1 Å². The van der Waals surface area contributed by atoms with E-state index in [-0.39, 0.29) is 12.2 Å². The molecule has 0 aliphatic rings. The predicted molar refractivity (Wildman–Crippen MR) is 128 cm³/mol. The highest BCUT2D eigenvalue weighted by Gasteiger charge is 2.40. The molecule has 0 heterocycles. The van der Waals surface area contributed by atoms with Crippen LogP contribution in [0, 0.1) is 22.7 Å². The van der Waals surface area contributed by atoms with Gasteiger partial charge in [-0.05, 0) is 51.0 Å². The van der Waals surface area contributed by atoms with Crippen LogP contribution in [0.5, 0.6) is 0 Å². The molecule has 0 spiro atoms. The first kappa shape index (κ1) is 28.1. The first-order valence-corrected chi connectivity index (χ1v) is 13.0. The highest BCUT2D eigenvalue weighted by molar-refractivity contribution is 6.60. The van der Waals surface area contributed by atoms with E-state index in [0.717, 1.165) is 11.3 Å². The van der Waals surface area contributed by atoms with Gasteiger partial charge in [-0.3, -0.25) is 0 Å². The summed E-state index contributed by atoms with van der Waals surface area (Å²) in [5.74, 6) is 0. The number of nitrogens with one attached hydrogen (secondary N) is 1. The van der Waals surface area contributed by atoms with Crippen LogP contribution in [0.4, 0.5) is 10.5 Å². The molecule has 0 fully saturated rings. The Labute approximate surface area is 197 Å². The summed E-state index contributed by atoms with van der Waals surface area (Å²) in [6.07, 6.45) is 1.72. The molecule has 10 heteroatoms. The molecule has 1 rings (SSSR count). The van der Waals surface area contributed by atoms with Gasteiger partial charge in [0.1, 0.15) is 17.7 Å². The Balaban J connectivity index is 2.38. The number of hydrogen-bond acceptors (Lipinski definition) is 8. The SMILES string of the molecule is CCO[Si](CCNC(=O)OCCCN(C)c1ccc(C=C(C#N)C#N)cc1)(OCC)OCC. The fraction of sp³-hybridized carbons (Fsp3) is 0.522. The van der Waals surface area contributed by atoms with Crippen LogP contribution in [0.25, 0.3) is 6.08 Å². The summed E-state index contributed by atoms with van der Waals surface area (Å²) in [5, 5.41) is 20.4. The van der Waals surface area contributed by atoms with Crippen molar-refractivity contribution in [2.24, 2.45) is 0 Å². The molecule has 0 saturated heterocycles. The van der Waals surface area contributed by atoms with Gasteiger partial charge in [-0.25, -0.2) is 4.79 Å². The quantitative estimate of drug-likeness (QED) is 0.232. The van der Waals surface area contributed by atoms with E-state index in [1.165, 1.54) is 0 Å². The lowest BCUT2D eigenvalue weighted by Crippen LogP contribution is -2.48. The lowest BCUT2D eigenvalue weighted by atomic mass is 10.1. The van der Waals surface area contributed by atoms with Gasteiger partial charge in [0.2, 0.25) is 0 Å². The standard InChI is InChI=1S/C23H34N4O5Si/c1-5-30-33(31-6-2,32-7-3)16-13-26-23(28)29-15-8-14-27(4)22-11-9-20(10-12-22)17-21(18-24)19-25/h9-12,17H,5-8,13-16H2,1-4H3,(H,26,28). The zero-order valence-electron chi connectivity index (χ0n) is 19.9. The molecule has 0 saturated carbocycles. The van der Waals surface area contributed by atoms with E-state index in [2.05, 4.69) is 5.32 Å². The Morgan fingerprint density at radius 3 is 2.15 bits per heavy atom. The summed E-state index contributed by atoms with van der Waals surface area (Å²) >= 11 is 0. The Kier molecular flexibility index (Phi) is 13.5. The van der Waals surface area contributed by atoms with E-state index >= 15 is 0 Å². The number of carbonyl (C=O) groups excluding carboxylic acids is 1. The molecule has 0 aliphatic heterocycles. The lowest BCUT2D eigenvalue weighted by Gasteiger charge is -2.28. The summed E-state index contributed by atoms with van der Waals surface area (Å²) in [7, 11) is -0.838. The Bertz CT molecular complexity index is 800. The number of amides is 1. The van der Waals surface area contributed by atoms with Crippen LogP contribution in [0.3, 0.4) is 0 Å². The van der Waals surface area contributed by atoms with Crippen molar-refractivity contribution < 1.29 is 22.8 Å². The number of ether oxygens (including phenoxy) is 1. The molecule has 1 aromatic carbocycles. The number of benzene rings is 1. The summed E-state index contributed by atoms with van der Waals surface area (Å²) in [6.45, 7) is 8.48. The van der Waals surface area contributed by atoms with Crippen molar-refractivity contribution in [3.8, 4) is 12.1 Å². The average Bonchev–Trinajstić information content (AvgIpc) is 2.81. The minimum atomic E-state index is -2.78. The van der Waals surface area contributed by atoms with Crippen molar-refractivity contribution in [3.05, 3.63) is 35.4 Å². The van der Waals surface area contributed by atoms with Crippen molar-refractivity contribution in [3.63, 3.8) is 0 Å². The van der Waals surface area contributed by atoms with E-state index in [4.69, 9.17) is 28.5 Å². The number of nitriles is 2. The number of carbonyl (C=O) groups is 1. The van der Waals surface area contributed by atoms with Gasteiger partial charge in [-0.2, -0.15) is 10.5 Å². The van der Waals surface area contributed by atoms with Gasteiger partial charge in [0, 0.05) is 51.7 Å². The van der Waals surface area contributed by atoms with Gasteiger partial charge in [-0.15, -0.1) is 0 Å². The van der Waals surface area contributed by atoms with E-state index < -0.39 is 14.9 Å². The molecule has 0 radical (unpaired) electrons. The van der Waals surface area contributed by atoms with Crippen LogP contribution < -0.4 is 10.2 Å². The van der Waals surface area contributed by atoms with Crippen LogP contribution in [0.2, 0.25) is 6.04 Å². The summed E-state index contributed by atoms with van der Waals surface area (Å²) < 4.78 is 22.5. The molecule has 180 valence electrons. The summed E-state index contributed by atoms with van der Waals surface area (Å²) in [6, 6.07) is 11.7. The predicted octanol–water partition coefficient (Wildman–Crippen LogP) is 3.72. The second-order valence-corrected chi connectivity index (χ2v) is 9.68. The maximum absolute atomic E-state index is 12.0. The summed E-state index contributed by atoms with van der Waals surface area (Å²) in [4.78, 5) is 14.0. The number of rotatable bonds is 15. The van der Waals surface area contributed by atoms with Gasteiger partial charge in [0.25, 0.3) is 0 Å². The van der Waals surface area contributed by atoms with Crippen molar-refractivity contribution in [2.45, 2.75) is 33.2 Å². The molecular formula is C23H34N4O5Si. The number of nitrogens with zero attached hydrogens (tertiary/aromatic N) is 3. The van der Waals surface area contributed by atoms with Gasteiger partial charge < -0.3 is 28.2 Å². The smallest absolute Gasteiger partial charge is 0.449 e. The summed E-state index contributed by atoms with van der Waals surface area (Å²) in [5.41, 5.74) is 1.83. The van der Waals surface area contributed by atoms with Crippen LogP contribution >= 0.6 is 0 Å².